The fourth-order valence-corrected chi connectivity index (χ4v) is 3.23. The largest absolute Gasteiger partial charge is 0.353 e. The number of alkyl halides is 1. The van der Waals surface area contributed by atoms with E-state index in [4.69, 9.17) is 0 Å². The van der Waals surface area contributed by atoms with Crippen LogP contribution in [0.1, 0.15) is 0 Å². The van der Waals surface area contributed by atoms with E-state index in [2.05, 4.69) is 58.8 Å². The third-order valence-corrected chi connectivity index (χ3v) is 4.48. The lowest BCUT2D eigenvalue weighted by Crippen LogP contribution is -2.17. The molecule has 1 aromatic carbocycles. The first-order valence-corrected chi connectivity index (χ1v) is 5.54. The van der Waals surface area contributed by atoms with Crippen LogP contribution in [0.4, 0.5) is 5.69 Å². The second-order valence-electron chi connectivity index (χ2n) is 2.49. The van der Waals surface area contributed by atoms with E-state index in [-0.39, 0.29) is 0 Å². The van der Waals surface area contributed by atoms with E-state index in [1.807, 2.05) is 11.8 Å². The van der Waals surface area contributed by atoms with Crippen molar-refractivity contribution >= 4 is 40.0 Å². The van der Waals surface area contributed by atoms with Gasteiger partial charge < -0.3 is 4.90 Å². The molecule has 1 aromatic rings. The number of anilines is 1. The van der Waals surface area contributed by atoms with Crippen LogP contribution in [0.2, 0.25) is 0 Å². The van der Waals surface area contributed by atoms with Gasteiger partial charge in [-0.15, -0.1) is 0 Å². The fraction of sp³-hybridized carbons (Fsp3) is 0.250. The molecule has 0 aliphatic carbocycles. The van der Waals surface area contributed by atoms with Gasteiger partial charge in [0.05, 0.1) is 5.69 Å². The summed E-state index contributed by atoms with van der Waals surface area (Å²) < 4.78 is 0.560. The predicted molar refractivity (Wildman–Crippen MR) is 58.5 cm³/mol. The Morgan fingerprint density at radius 3 is 2.91 bits per heavy atom. The molecule has 1 aliphatic rings. The zero-order chi connectivity index (χ0) is 7.84. The van der Waals surface area contributed by atoms with E-state index in [1.54, 1.807) is 0 Å². The van der Waals surface area contributed by atoms with Gasteiger partial charge in [-0.3, -0.25) is 0 Å². The third-order valence-electron chi connectivity index (χ3n) is 1.77. The van der Waals surface area contributed by atoms with Gasteiger partial charge in [-0.1, -0.05) is 23.9 Å². The molecule has 58 valence electrons. The Morgan fingerprint density at radius 2 is 2.18 bits per heavy atom. The highest BCUT2D eigenvalue weighted by Gasteiger charge is 2.23. The van der Waals surface area contributed by atoms with Crippen molar-refractivity contribution in [2.24, 2.45) is 0 Å². The maximum atomic E-state index is 2.44. The Bertz CT molecular complexity index is 277. The highest BCUT2D eigenvalue weighted by atomic mass is 127. The normalized spacial score (nSPS) is 22.0. The number of hydrogen-bond acceptors (Lipinski definition) is 2. The van der Waals surface area contributed by atoms with Crippen LogP contribution in [0.15, 0.2) is 29.2 Å². The summed E-state index contributed by atoms with van der Waals surface area (Å²) in [5, 5.41) is 0. The van der Waals surface area contributed by atoms with Crippen molar-refractivity contribution in [1.29, 1.82) is 0 Å². The zero-order valence-corrected chi connectivity index (χ0v) is 9.09. The molecule has 0 saturated heterocycles. The minimum atomic E-state index is 0.560. The first-order chi connectivity index (χ1) is 5.29. The summed E-state index contributed by atoms with van der Waals surface area (Å²) in [4.78, 5) is 3.69. The summed E-state index contributed by atoms with van der Waals surface area (Å²) in [6.07, 6.45) is 0. The molecule has 0 bridgehead atoms. The lowest BCUT2D eigenvalue weighted by atomic mass is 10.3. The molecule has 0 saturated carbocycles. The van der Waals surface area contributed by atoms with Crippen molar-refractivity contribution in [3.8, 4) is 0 Å². The van der Waals surface area contributed by atoms with Gasteiger partial charge in [-0.25, -0.2) is 0 Å². The molecular formula is C8H8INS. The van der Waals surface area contributed by atoms with Gasteiger partial charge in [0.1, 0.15) is 3.38 Å². The number of benzene rings is 1. The molecule has 0 spiro atoms. The Labute approximate surface area is 84.3 Å². The molecule has 0 fully saturated rings. The van der Waals surface area contributed by atoms with Crippen LogP contribution in [0, 0.1) is 0 Å². The smallest absolute Gasteiger partial charge is 0.132 e. The third kappa shape index (κ3) is 1.24. The molecule has 0 radical (unpaired) electrons. The van der Waals surface area contributed by atoms with Gasteiger partial charge >= 0.3 is 0 Å². The summed E-state index contributed by atoms with van der Waals surface area (Å²) in [6.45, 7) is 0. The van der Waals surface area contributed by atoms with Crippen molar-refractivity contribution in [3.63, 3.8) is 0 Å². The second kappa shape index (κ2) is 2.86. The van der Waals surface area contributed by atoms with Gasteiger partial charge in [0.15, 0.2) is 0 Å². The van der Waals surface area contributed by atoms with Gasteiger partial charge in [-0.05, 0) is 34.7 Å². The molecule has 0 aromatic heterocycles. The maximum absolute atomic E-state index is 2.44. The maximum Gasteiger partial charge on any atom is 0.132 e. The van der Waals surface area contributed by atoms with Crippen LogP contribution in [0.3, 0.4) is 0 Å². The van der Waals surface area contributed by atoms with Gasteiger partial charge in [0.25, 0.3) is 0 Å². The summed E-state index contributed by atoms with van der Waals surface area (Å²) in [7, 11) is 2.13. The van der Waals surface area contributed by atoms with Crippen molar-refractivity contribution < 1.29 is 0 Å². The first kappa shape index (κ1) is 7.73. The van der Waals surface area contributed by atoms with Crippen molar-refractivity contribution in [2.45, 2.75) is 8.28 Å². The Kier molecular flexibility index (Phi) is 2.01. The molecular weight excluding hydrogens is 269 g/mol. The number of para-hydroxylation sites is 1. The Hall–Kier alpha value is 0.1000. The van der Waals surface area contributed by atoms with E-state index < -0.39 is 0 Å². The highest BCUT2D eigenvalue weighted by molar-refractivity contribution is 14.1. The molecule has 0 N–H and O–H groups in total. The molecule has 0 amide bonds. The van der Waals surface area contributed by atoms with E-state index >= 15 is 0 Å². The minimum absolute atomic E-state index is 0.560. The summed E-state index contributed by atoms with van der Waals surface area (Å²) >= 11 is 4.35. The molecule has 2 rings (SSSR count). The molecule has 1 unspecified atom stereocenters. The molecule has 1 heterocycles. The SMILES string of the molecule is CN1c2ccccc2SC1I. The van der Waals surface area contributed by atoms with Gasteiger partial charge in [0, 0.05) is 11.9 Å². The van der Waals surface area contributed by atoms with E-state index in [9.17, 15) is 0 Å². The summed E-state index contributed by atoms with van der Waals surface area (Å²) in [5.41, 5.74) is 1.36. The van der Waals surface area contributed by atoms with E-state index in [0.717, 1.165) is 0 Å². The first-order valence-electron chi connectivity index (χ1n) is 3.41. The average Bonchev–Trinajstić information content (AvgIpc) is 2.30. The van der Waals surface area contributed by atoms with E-state index in [1.165, 1.54) is 10.6 Å². The van der Waals surface area contributed by atoms with Crippen LogP contribution in [-0.2, 0) is 0 Å². The number of hydrogen-bond donors (Lipinski definition) is 0. The van der Waals surface area contributed by atoms with Crippen molar-refractivity contribution in [1.82, 2.24) is 0 Å². The van der Waals surface area contributed by atoms with Gasteiger partial charge in [0.2, 0.25) is 0 Å². The number of rotatable bonds is 0. The lowest BCUT2D eigenvalue weighted by Gasteiger charge is -2.14. The molecule has 11 heavy (non-hydrogen) atoms. The predicted octanol–water partition coefficient (Wildman–Crippen LogP) is 2.95. The molecule has 1 atom stereocenters. The van der Waals surface area contributed by atoms with Gasteiger partial charge in [-0.2, -0.15) is 0 Å². The quantitative estimate of drug-likeness (QED) is 0.407. The summed E-state index contributed by atoms with van der Waals surface area (Å²) in [6, 6.07) is 8.52. The monoisotopic (exact) mass is 277 g/mol. The van der Waals surface area contributed by atoms with E-state index in [0.29, 0.717) is 3.38 Å². The number of fused-ring (bicyclic) bond motifs is 1. The van der Waals surface area contributed by atoms with Crippen molar-refractivity contribution in [3.05, 3.63) is 24.3 Å². The average molecular weight is 277 g/mol. The highest BCUT2D eigenvalue weighted by Crippen LogP contribution is 2.44. The zero-order valence-electron chi connectivity index (χ0n) is 6.12. The van der Waals surface area contributed by atoms with Crippen LogP contribution in [0.25, 0.3) is 0 Å². The van der Waals surface area contributed by atoms with Crippen molar-refractivity contribution in [2.75, 3.05) is 11.9 Å². The number of thioether (sulfide) groups is 1. The molecule has 1 aliphatic heterocycles. The number of halogens is 1. The lowest BCUT2D eigenvalue weighted by molar-refractivity contribution is 1.08. The Balaban J connectivity index is 2.47. The van der Waals surface area contributed by atoms with Crippen LogP contribution in [0.5, 0.6) is 0 Å². The molecule has 3 heteroatoms. The molecule has 1 nitrogen and oxygen atoms in total. The second-order valence-corrected chi connectivity index (χ2v) is 5.64. The van der Waals surface area contributed by atoms with Crippen LogP contribution < -0.4 is 4.90 Å². The minimum Gasteiger partial charge on any atom is -0.353 e. The fourth-order valence-electron chi connectivity index (χ4n) is 1.14. The van der Waals surface area contributed by atoms with Crippen LogP contribution >= 0.6 is 34.4 Å². The standard InChI is InChI=1S/C8H8INS/c1-10-6-4-2-3-5-7(6)11-8(10)9/h2-5,8H,1H3. The Morgan fingerprint density at radius 1 is 1.45 bits per heavy atom. The summed E-state index contributed by atoms with van der Waals surface area (Å²) in [5.74, 6) is 0. The topological polar surface area (TPSA) is 3.24 Å². The van der Waals surface area contributed by atoms with Crippen LogP contribution in [-0.4, -0.2) is 10.4 Å². The number of nitrogens with zero attached hydrogens (tertiary/aromatic N) is 1.